The number of nitrogens with zero attached hydrogens (tertiary/aromatic N) is 2. The molecule has 4 aliphatic rings. The predicted octanol–water partition coefficient (Wildman–Crippen LogP) is 2.90. The Morgan fingerprint density at radius 2 is 1.97 bits per heavy atom. The number of carbonyl (C=O) groups is 2. The van der Waals surface area contributed by atoms with Crippen LogP contribution >= 0.6 is 0 Å². The number of amides is 2. The Morgan fingerprint density at radius 3 is 2.78 bits per heavy atom. The van der Waals surface area contributed by atoms with Gasteiger partial charge in [0, 0.05) is 6.54 Å². The van der Waals surface area contributed by atoms with Crippen LogP contribution in [0.5, 0.6) is 5.75 Å². The van der Waals surface area contributed by atoms with Gasteiger partial charge in [-0.05, 0) is 56.1 Å². The number of hydrogen-bond donors (Lipinski definition) is 1. The lowest BCUT2D eigenvalue weighted by Gasteiger charge is -2.42. The highest BCUT2D eigenvalue weighted by atomic mass is 16.5. The molecule has 170 valence electrons. The average Bonchev–Trinajstić information content (AvgIpc) is 3.37. The number of nitrogens with one attached hydrogen (secondary N) is 1. The molecule has 3 aliphatic heterocycles. The fourth-order valence-corrected chi connectivity index (χ4v) is 5.25. The minimum atomic E-state index is -0.372. The van der Waals surface area contributed by atoms with E-state index in [0.29, 0.717) is 19.1 Å². The SMILES string of the molecule is O=C(N[C@H]1CCCN2C(=O)COc3ccccc3C3CCC(CC3)OCC12)c1ncco1. The van der Waals surface area contributed by atoms with Crippen molar-refractivity contribution in [2.45, 2.75) is 62.6 Å². The molecule has 4 heterocycles. The fraction of sp³-hybridized carbons (Fsp3) is 0.542. The van der Waals surface area contributed by atoms with Gasteiger partial charge in [-0.25, -0.2) is 4.98 Å². The summed E-state index contributed by atoms with van der Waals surface area (Å²) in [6.07, 6.45) is 8.58. The number of hydrogen-bond acceptors (Lipinski definition) is 6. The second-order valence-corrected chi connectivity index (χ2v) is 8.85. The van der Waals surface area contributed by atoms with Crippen molar-refractivity contribution >= 4 is 11.8 Å². The number of fused-ring (bicyclic) bond motifs is 5. The monoisotopic (exact) mass is 439 g/mol. The van der Waals surface area contributed by atoms with Crippen LogP contribution in [-0.2, 0) is 9.53 Å². The minimum Gasteiger partial charge on any atom is -0.483 e. The summed E-state index contributed by atoms with van der Waals surface area (Å²) in [5, 5.41) is 3.01. The zero-order valence-electron chi connectivity index (χ0n) is 18.1. The Morgan fingerprint density at radius 1 is 1.12 bits per heavy atom. The van der Waals surface area contributed by atoms with Gasteiger partial charge in [0.05, 0.1) is 31.0 Å². The third-order valence-corrected chi connectivity index (χ3v) is 6.93. The van der Waals surface area contributed by atoms with Gasteiger partial charge in [-0.15, -0.1) is 0 Å². The molecule has 0 radical (unpaired) electrons. The van der Waals surface area contributed by atoms with Crippen LogP contribution in [0, 0.1) is 0 Å². The summed E-state index contributed by atoms with van der Waals surface area (Å²) in [4.78, 5) is 31.5. The van der Waals surface area contributed by atoms with Crippen LogP contribution in [0.3, 0.4) is 0 Å². The molecule has 8 heteroatoms. The molecular weight excluding hydrogens is 410 g/mol. The summed E-state index contributed by atoms with van der Waals surface area (Å²) in [5.74, 6) is 0.791. The number of para-hydroxylation sites is 1. The van der Waals surface area contributed by atoms with Crippen LogP contribution in [0.15, 0.2) is 41.1 Å². The predicted molar refractivity (Wildman–Crippen MR) is 115 cm³/mol. The Hall–Kier alpha value is -2.87. The van der Waals surface area contributed by atoms with Crippen molar-refractivity contribution in [1.29, 1.82) is 0 Å². The largest absolute Gasteiger partial charge is 0.483 e. The van der Waals surface area contributed by atoms with Gasteiger partial charge in [-0.3, -0.25) is 9.59 Å². The molecule has 32 heavy (non-hydrogen) atoms. The first-order valence-corrected chi connectivity index (χ1v) is 11.5. The standard InChI is InChI=1S/C24H29N3O5/c28-22-15-32-21-6-2-1-4-18(21)16-7-9-17(10-8-16)31-14-20-19(5-3-12-27(20)22)26-23(29)24-25-11-13-30-24/h1-2,4,6,11,13,16-17,19-20H,3,5,7-10,12,14-15H2,(H,26,29)/t16?,17?,19-,20?/m0/s1. The smallest absolute Gasteiger partial charge is 0.307 e. The molecule has 1 N–H and O–H groups in total. The summed E-state index contributed by atoms with van der Waals surface area (Å²) >= 11 is 0. The number of piperidine rings is 1. The van der Waals surface area contributed by atoms with E-state index in [1.165, 1.54) is 18.0 Å². The van der Waals surface area contributed by atoms with Crippen LogP contribution in [0.2, 0.25) is 0 Å². The highest BCUT2D eigenvalue weighted by Gasteiger charge is 2.37. The quantitative estimate of drug-likeness (QED) is 0.773. The second kappa shape index (κ2) is 9.32. The van der Waals surface area contributed by atoms with Crippen LogP contribution < -0.4 is 10.1 Å². The Bertz CT molecular complexity index is 939. The van der Waals surface area contributed by atoms with E-state index in [2.05, 4.69) is 16.4 Å². The molecule has 8 nitrogen and oxygen atoms in total. The van der Waals surface area contributed by atoms with Gasteiger partial charge in [0.25, 0.3) is 11.8 Å². The zero-order valence-corrected chi connectivity index (χ0v) is 18.1. The minimum absolute atomic E-state index is 0.0237. The third-order valence-electron chi connectivity index (χ3n) is 6.93. The fourth-order valence-electron chi connectivity index (χ4n) is 5.25. The van der Waals surface area contributed by atoms with Crippen molar-refractivity contribution in [3.63, 3.8) is 0 Å². The molecule has 6 rings (SSSR count). The normalized spacial score (nSPS) is 28.4. The highest BCUT2D eigenvalue weighted by Crippen LogP contribution is 2.38. The van der Waals surface area contributed by atoms with E-state index < -0.39 is 0 Å². The topological polar surface area (TPSA) is 93.9 Å². The Kier molecular flexibility index (Phi) is 6.12. The van der Waals surface area contributed by atoms with Crippen LogP contribution in [-0.4, -0.2) is 59.6 Å². The Labute approximate surface area is 187 Å². The number of carbonyl (C=O) groups excluding carboxylic acids is 2. The number of ether oxygens (including phenoxy) is 2. The van der Waals surface area contributed by atoms with E-state index in [9.17, 15) is 9.59 Å². The van der Waals surface area contributed by atoms with Gasteiger partial charge in [0.1, 0.15) is 12.0 Å². The third kappa shape index (κ3) is 4.37. The van der Waals surface area contributed by atoms with Gasteiger partial charge >= 0.3 is 5.91 Å². The van der Waals surface area contributed by atoms with Crippen molar-refractivity contribution in [3.8, 4) is 5.75 Å². The summed E-state index contributed by atoms with van der Waals surface area (Å²) < 4.78 is 17.5. The van der Waals surface area contributed by atoms with E-state index in [0.717, 1.165) is 44.3 Å². The van der Waals surface area contributed by atoms with Gasteiger partial charge in [0.15, 0.2) is 6.61 Å². The molecule has 1 aromatic carbocycles. The van der Waals surface area contributed by atoms with E-state index in [1.54, 1.807) is 0 Å². The number of oxazole rings is 1. The van der Waals surface area contributed by atoms with E-state index in [1.807, 2.05) is 23.1 Å². The summed E-state index contributed by atoms with van der Waals surface area (Å²) in [5.41, 5.74) is 1.18. The van der Waals surface area contributed by atoms with Crippen molar-refractivity contribution in [3.05, 3.63) is 48.2 Å². The van der Waals surface area contributed by atoms with E-state index in [-0.39, 0.29) is 42.5 Å². The molecule has 2 fully saturated rings. The van der Waals surface area contributed by atoms with Gasteiger partial charge in [-0.2, -0.15) is 0 Å². The molecule has 1 saturated heterocycles. The van der Waals surface area contributed by atoms with E-state index >= 15 is 0 Å². The first-order valence-electron chi connectivity index (χ1n) is 11.5. The summed E-state index contributed by atoms with van der Waals surface area (Å²) in [6, 6.07) is 7.56. The molecule has 1 aliphatic carbocycles. The number of rotatable bonds is 2. The van der Waals surface area contributed by atoms with Crippen molar-refractivity contribution in [1.82, 2.24) is 15.2 Å². The molecule has 2 aromatic rings. The molecule has 1 saturated carbocycles. The molecular formula is C24H29N3O5. The highest BCUT2D eigenvalue weighted by molar-refractivity contribution is 5.89. The molecule has 1 aromatic heterocycles. The molecule has 1 unspecified atom stereocenters. The summed E-state index contributed by atoms with van der Waals surface area (Å²) in [7, 11) is 0. The second-order valence-electron chi connectivity index (χ2n) is 8.85. The zero-order chi connectivity index (χ0) is 21.9. The van der Waals surface area contributed by atoms with Crippen LogP contribution in [0.25, 0.3) is 0 Å². The molecule has 2 amide bonds. The maximum Gasteiger partial charge on any atom is 0.307 e. The van der Waals surface area contributed by atoms with Crippen molar-refractivity contribution < 1.29 is 23.5 Å². The number of benzene rings is 1. The van der Waals surface area contributed by atoms with Crippen LogP contribution in [0.1, 0.15) is 60.7 Å². The lowest BCUT2D eigenvalue weighted by molar-refractivity contribution is -0.140. The average molecular weight is 440 g/mol. The van der Waals surface area contributed by atoms with E-state index in [4.69, 9.17) is 13.9 Å². The lowest BCUT2D eigenvalue weighted by Crippen LogP contribution is -2.60. The maximum absolute atomic E-state index is 13.2. The summed E-state index contributed by atoms with van der Waals surface area (Å²) in [6.45, 7) is 0.991. The van der Waals surface area contributed by atoms with Crippen LogP contribution in [0.4, 0.5) is 0 Å². The van der Waals surface area contributed by atoms with Crippen molar-refractivity contribution in [2.75, 3.05) is 19.8 Å². The molecule has 0 spiro atoms. The first kappa shape index (κ1) is 21.0. The van der Waals surface area contributed by atoms with Gasteiger partial charge in [0.2, 0.25) is 0 Å². The maximum atomic E-state index is 13.2. The lowest BCUT2D eigenvalue weighted by atomic mass is 9.82. The number of aromatic nitrogens is 1. The first-order chi connectivity index (χ1) is 15.7. The molecule has 2 bridgehead atoms. The van der Waals surface area contributed by atoms with Gasteiger partial charge in [-0.1, -0.05) is 18.2 Å². The van der Waals surface area contributed by atoms with Crippen molar-refractivity contribution in [2.24, 2.45) is 0 Å². The molecule has 2 atom stereocenters. The Balaban J connectivity index is 1.38. The van der Waals surface area contributed by atoms with Gasteiger partial charge < -0.3 is 24.1 Å².